The van der Waals surface area contributed by atoms with Gasteiger partial charge < -0.3 is 68.1 Å². The van der Waals surface area contributed by atoms with Gasteiger partial charge in [0.05, 0.1) is 4.91 Å². The fourth-order valence-corrected chi connectivity index (χ4v) is 6.31. The SMILES string of the molecule is NC(CCC(=O)NC(CSC[C@@]1(C(=O)O)OC(=O)C(O)=C1SCC(NC(=O)CCC(N)C(=O)O)C(=O)NCC(=O)O)C(=O)NCC(=O)O)C(=O)O. The number of carboxylic acids is 5. The molecule has 0 radical (unpaired) electrons. The van der Waals surface area contributed by atoms with Gasteiger partial charge in [0.1, 0.15) is 37.3 Å². The topological polar surface area (TPSA) is 401 Å². The number of cyclic esters (lactones) is 1. The highest BCUT2D eigenvalue weighted by molar-refractivity contribution is 8.03. The average molecular weight is 769 g/mol. The van der Waals surface area contributed by atoms with Crippen molar-refractivity contribution in [3.8, 4) is 0 Å². The van der Waals surface area contributed by atoms with E-state index in [2.05, 4.69) is 10.6 Å². The molecule has 1 aliphatic heterocycles. The second kappa shape index (κ2) is 20.5. The van der Waals surface area contributed by atoms with Crippen LogP contribution in [0, 0.1) is 0 Å². The van der Waals surface area contributed by atoms with E-state index < -0.39 is 143 Å². The van der Waals surface area contributed by atoms with E-state index in [-0.39, 0.29) is 12.8 Å². The summed E-state index contributed by atoms with van der Waals surface area (Å²) in [6, 6.07) is -6.05. The molecule has 51 heavy (non-hydrogen) atoms. The summed E-state index contributed by atoms with van der Waals surface area (Å²) in [5, 5.41) is 64.7. The zero-order chi connectivity index (χ0) is 39.1. The molecule has 0 aromatic rings. The Morgan fingerprint density at radius 3 is 1.55 bits per heavy atom. The number of esters is 1. The predicted molar refractivity (Wildman–Crippen MR) is 171 cm³/mol. The van der Waals surface area contributed by atoms with Gasteiger partial charge in [0.15, 0.2) is 0 Å². The van der Waals surface area contributed by atoms with Crippen molar-refractivity contribution < 1.29 is 83.3 Å². The maximum Gasteiger partial charge on any atom is 0.375 e. The number of hydrogen-bond donors (Lipinski definition) is 12. The number of ether oxygens (including phenoxy) is 1. The summed E-state index contributed by atoms with van der Waals surface area (Å²) >= 11 is 0.915. The number of thioether (sulfide) groups is 2. The van der Waals surface area contributed by atoms with E-state index in [4.69, 9.17) is 36.6 Å². The Balaban J connectivity index is 3.22. The number of aliphatic carboxylic acids is 5. The van der Waals surface area contributed by atoms with Crippen LogP contribution in [0.25, 0.3) is 0 Å². The molecule has 0 bridgehead atoms. The van der Waals surface area contributed by atoms with E-state index in [9.17, 15) is 58.2 Å². The molecule has 1 aliphatic rings. The third kappa shape index (κ3) is 14.3. The van der Waals surface area contributed by atoms with Gasteiger partial charge in [-0.3, -0.25) is 38.4 Å². The molecule has 1 heterocycles. The molecule has 25 heteroatoms. The fraction of sp³-hybridized carbons (Fsp3) is 0.538. The first kappa shape index (κ1) is 43.9. The first-order valence-corrected chi connectivity index (χ1v) is 16.5. The average Bonchev–Trinajstić information content (AvgIpc) is 3.30. The zero-order valence-corrected chi connectivity index (χ0v) is 28.0. The Kier molecular flexibility index (Phi) is 17.7. The largest absolute Gasteiger partial charge is 0.501 e. The Morgan fingerprint density at radius 2 is 1.16 bits per heavy atom. The van der Waals surface area contributed by atoms with E-state index in [1.54, 1.807) is 0 Å². The van der Waals surface area contributed by atoms with E-state index in [1.165, 1.54) is 0 Å². The summed E-state index contributed by atoms with van der Waals surface area (Å²) in [4.78, 5) is 118. The van der Waals surface area contributed by atoms with Gasteiger partial charge in [-0.15, -0.1) is 11.8 Å². The van der Waals surface area contributed by atoms with Crippen molar-refractivity contribution in [1.82, 2.24) is 21.3 Å². The number of aliphatic hydroxyl groups excluding tert-OH is 1. The highest BCUT2D eigenvalue weighted by Gasteiger charge is 2.55. The minimum absolute atomic E-state index is 0.341. The van der Waals surface area contributed by atoms with Crippen molar-refractivity contribution >= 4 is 83.0 Å². The Hall–Kier alpha value is -5.14. The number of carbonyl (C=O) groups is 10. The van der Waals surface area contributed by atoms with Gasteiger partial charge in [-0.05, 0) is 12.8 Å². The minimum Gasteiger partial charge on any atom is -0.501 e. The lowest BCUT2D eigenvalue weighted by Crippen LogP contribution is -2.51. The van der Waals surface area contributed by atoms with Gasteiger partial charge in [-0.2, -0.15) is 11.8 Å². The maximum absolute atomic E-state index is 12.7. The predicted octanol–water partition coefficient (Wildman–Crippen LogP) is -4.64. The third-order valence-corrected chi connectivity index (χ3v) is 8.99. The van der Waals surface area contributed by atoms with Gasteiger partial charge in [-0.25, -0.2) is 9.59 Å². The van der Waals surface area contributed by atoms with Gasteiger partial charge in [-0.1, -0.05) is 0 Å². The Labute approximate surface area is 295 Å². The first-order valence-electron chi connectivity index (χ1n) is 14.4. The van der Waals surface area contributed by atoms with Gasteiger partial charge in [0.2, 0.25) is 29.4 Å². The van der Waals surface area contributed by atoms with Crippen molar-refractivity contribution in [2.75, 3.05) is 30.3 Å². The van der Waals surface area contributed by atoms with Crippen LogP contribution < -0.4 is 32.7 Å². The molecule has 1 rings (SSSR count). The molecule has 23 nitrogen and oxygen atoms in total. The zero-order valence-electron chi connectivity index (χ0n) is 26.3. The van der Waals surface area contributed by atoms with Crippen molar-refractivity contribution in [2.24, 2.45) is 11.5 Å². The number of aliphatic hydroxyl groups is 1. The van der Waals surface area contributed by atoms with Crippen LogP contribution in [-0.2, 0) is 52.7 Å². The number of nitrogens with one attached hydrogen (secondary N) is 4. The quantitative estimate of drug-likeness (QED) is 0.0411. The van der Waals surface area contributed by atoms with E-state index in [0.29, 0.717) is 23.5 Å². The molecule has 0 aromatic carbocycles. The second-order valence-electron chi connectivity index (χ2n) is 10.5. The number of hydrogen-bond acceptors (Lipinski definition) is 16. The molecule has 4 amide bonds. The Bertz CT molecular complexity index is 1440. The van der Waals surface area contributed by atoms with Gasteiger partial charge >= 0.3 is 35.8 Å². The number of carbonyl (C=O) groups excluding carboxylic acids is 5. The molecule has 0 fully saturated rings. The molecule has 0 aliphatic carbocycles. The third-order valence-electron chi connectivity index (χ3n) is 6.50. The summed E-state index contributed by atoms with van der Waals surface area (Å²) in [6.07, 6.45) is -1.68. The van der Waals surface area contributed by atoms with Crippen molar-refractivity contribution in [3.05, 3.63) is 10.7 Å². The lowest BCUT2D eigenvalue weighted by atomic mass is 10.1. The molecular weight excluding hydrogens is 732 g/mol. The monoisotopic (exact) mass is 768 g/mol. The first-order chi connectivity index (χ1) is 23.7. The van der Waals surface area contributed by atoms with Crippen LogP contribution >= 0.6 is 23.5 Å². The summed E-state index contributed by atoms with van der Waals surface area (Å²) in [7, 11) is 0. The fourth-order valence-electron chi connectivity index (χ4n) is 3.80. The summed E-state index contributed by atoms with van der Waals surface area (Å²) in [6.45, 7) is -1.78. The Morgan fingerprint density at radius 1 is 0.725 bits per heavy atom. The highest BCUT2D eigenvalue weighted by Crippen LogP contribution is 2.42. The summed E-state index contributed by atoms with van der Waals surface area (Å²) in [5.74, 6) is -16.2. The van der Waals surface area contributed by atoms with Gasteiger partial charge in [0, 0.05) is 30.1 Å². The van der Waals surface area contributed by atoms with Crippen LogP contribution in [-0.4, -0.2) is 150 Å². The molecule has 14 N–H and O–H groups in total. The van der Waals surface area contributed by atoms with Crippen molar-refractivity contribution in [2.45, 2.75) is 55.5 Å². The molecule has 0 saturated carbocycles. The maximum atomic E-state index is 12.7. The van der Waals surface area contributed by atoms with Crippen molar-refractivity contribution in [3.63, 3.8) is 0 Å². The molecule has 5 atom stereocenters. The van der Waals surface area contributed by atoms with Gasteiger partial charge in [0.25, 0.3) is 5.60 Å². The molecule has 0 saturated heterocycles. The highest BCUT2D eigenvalue weighted by atomic mass is 32.2. The van der Waals surface area contributed by atoms with Crippen LogP contribution in [0.1, 0.15) is 25.7 Å². The van der Waals surface area contributed by atoms with E-state index >= 15 is 0 Å². The molecule has 284 valence electrons. The van der Waals surface area contributed by atoms with E-state index in [0.717, 1.165) is 0 Å². The molecule has 0 spiro atoms. The summed E-state index contributed by atoms with van der Waals surface area (Å²) < 4.78 is 4.99. The number of nitrogens with two attached hydrogens (primary N) is 2. The van der Waals surface area contributed by atoms with Crippen LogP contribution in [0.4, 0.5) is 0 Å². The number of carboxylic acid groups (broad SMARTS) is 5. The van der Waals surface area contributed by atoms with Crippen LogP contribution in [0.2, 0.25) is 0 Å². The smallest absolute Gasteiger partial charge is 0.375 e. The van der Waals surface area contributed by atoms with Crippen LogP contribution in [0.15, 0.2) is 10.7 Å². The minimum atomic E-state index is -2.68. The summed E-state index contributed by atoms with van der Waals surface area (Å²) in [5.41, 5.74) is 8.05. The molecule has 4 unspecified atom stereocenters. The van der Waals surface area contributed by atoms with E-state index in [1.807, 2.05) is 10.6 Å². The molecule has 0 aromatic heterocycles. The lowest BCUT2D eigenvalue weighted by Gasteiger charge is -2.27. The van der Waals surface area contributed by atoms with Crippen LogP contribution in [0.3, 0.4) is 0 Å². The standard InChI is InChI=1S/C26H36N6O17S2/c27-10(22(42)43)1-3-14(33)31-12(20(40)29-5-16(35)36)7-50-9-26(25(47)48)19(18(39)24(46)49-26)51-8-13(21(41)30-6-17(37)38)32-15(34)4-2-11(28)23(44)45/h10-13,39H,1-9,27-28H2,(H,29,40)(H,30,41)(H,31,33)(H,32,34)(H,35,36)(H,37,38)(H,42,43)(H,44,45)(H,47,48)/t10?,11?,12?,13?,26-/m1/s1. The number of amides is 4. The second-order valence-corrected chi connectivity index (χ2v) is 12.5. The normalized spacial score (nSPS) is 17.6. The number of rotatable bonds is 24. The van der Waals surface area contributed by atoms with Crippen LogP contribution in [0.5, 0.6) is 0 Å². The lowest BCUT2D eigenvalue weighted by molar-refractivity contribution is -0.165. The van der Waals surface area contributed by atoms with Crippen molar-refractivity contribution in [1.29, 1.82) is 0 Å². The molecular formula is C26H36N6O17S2.